The second-order valence-electron chi connectivity index (χ2n) is 4.64. The van der Waals surface area contributed by atoms with E-state index in [1.165, 1.54) is 0 Å². The standard InChI is InChI=1S/C15H17N5S/c1-3-11(14-17-8-9-21-14)18-13-10-6-4-5-7-12(10)19-15(16-2)20-13/h4-9,11H,3H2,1-2H3,(H2,16,18,19,20). The van der Waals surface area contributed by atoms with Gasteiger partial charge >= 0.3 is 0 Å². The molecule has 0 radical (unpaired) electrons. The van der Waals surface area contributed by atoms with Gasteiger partial charge in [0, 0.05) is 24.0 Å². The van der Waals surface area contributed by atoms with Gasteiger partial charge in [0.15, 0.2) is 0 Å². The third-order valence-corrected chi connectivity index (χ3v) is 4.18. The zero-order valence-electron chi connectivity index (χ0n) is 12.0. The van der Waals surface area contributed by atoms with E-state index in [9.17, 15) is 0 Å². The van der Waals surface area contributed by atoms with Gasteiger partial charge in [0.1, 0.15) is 10.8 Å². The second-order valence-corrected chi connectivity index (χ2v) is 5.56. The highest BCUT2D eigenvalue weighted by atomic mass is 32.1. The summed E-state index contributed by atoms with van der Waals surface area (Å²) in [6.45, 7) is 2.14. The predicted molar refractivity (Wildman–Crippen MR) is 87.9 cm³/mol. The number of thiazole rings is 1. The number of hydrogen-bond donors (Lipinski definition) is 2. The highest BCUT2D eigenvalue weighted by Gasteiger charge is 2.15. The Balaban J connectivity index is 2.02. The minimum absolute atomic E-state index is 0.160. The molecule has 5 nitrogen and oxygen atoms in total. The van der Waals surface area contributed by atoms with Crippen LogP contribution in [0, 0.1) is 0 Å². The van der Waals surface area contributed by atoms with E-state index in [-0.39, 0.29) is 6.04 Å². The van der Waals surface area contributed by atoms with Gasteiger partial charge in [-0.3, -0.25) is 0 Å². The maximum atomic E-state index is 4.56. The molecule has 2 aromatic heterocycles. The molecular weight excluding hydrogens is 282 g/mol. The van der Waals surface area contributed by atoms with Gasteiger partial charge in [-0.15, -0.1) is 11.3 Å². The van der Waals surface area contributed by atoms with Gasteiger partial charge in [-0.25, -0.2) is 9.97 Å². The molecule has 0 aliphatic rings. The van der Waals surface area contributed by atoms with Crippen LogP contribution in [0.15, 0.2) is 35.8 Å². The number of anilines is 2. The predicted octanol–water partition coefficient (Wildman–Crippen LogP) is 3.69. The van der Waals surface area contributed by atoms with Gasteiger partial charge in [-0.05, 0) is 18.6 Å². The number of rotatable bonds is 5. The Hall–Kier alpha value is -2.21. The molecule has 0 spiro atoms. The van der Waals surface area contributed by atoms with Crippen LogP contribution in [0.1, 0.15) is 24.4 Å². The molecule has 0 fully saturated rings. The number of aromatic nitrogens is 3. The first-order valence-electron chi connectivity index (χ1n) is 6.92. The minimum atomic E-state index is 0.160. The van der Waals surface area contributed by atoms with Crippen molar-refractivity contribution in [1.29, 1.82) is 0 Å². The van der Waals surface area contributed by atoms with Crippen LogP contribution in [0.4, 0.5) is 11.8 Å². The van der Waals surface area contributed by atoms with Gasteiger partial charge in [0.2, 0.25) is 5.95 Å². The zero-order valence-corrected chi connectivity index (χ0v) is 12.8. The maximum Gasteiger partial charge on any atom is 0.224 e. The van der Waals surface area contributed by atoms with Crippen LogP contribution < -0.4 is 10.6 Å². The Labute approximate surface area is 127 Å². The van der Waals surface area contributed by atoms with Gasteiger partial charge < -0.3 is 10.6 Å². The van der Waals surface area contributed by atoms with Crippen LogP contribution in [0.2, 0.25) is 0 Å². The molecule has 0 aliphatic heterocycles. The van der Waals surface area contributed by atoms with Gasteiger partial charge in [0.25, 0.3) is 0 Å². The lowest BCUT2D eigenvalue weighted by Crippen LogP contribution is -2.12. The Morgan fingerprint density at radius 1 is 1.24 bits per heavy atom. The number of hydrogen-bond acceptors (Lipinski definition) is 6. The molecule has 3 rings (SSSR count). The first kappa shape index (κ1) is 13.8. The van der Waals surface area contributed by atoms with Gasteiger partial charge in [0.05, 0.1) is 11.6 Å². The average Bonchev–Trinajstić information content (AvgIpc) is 3.06. The zero-order chi connectivity index (χ0) is 14.7. The summed E-state index contributed by atoms with van der Waals surface area (Å²) in [6.07, 6.45) is 2.78. The molecule has 21 heavy (non-hydrogen) atoms. The maximum absolute atomic E-state index is 4.56. The first-order valence-corrected chi connectivity index (χ1v) is 7.80. The Kier molecular flexibility index (Phi) is 3.96. The van der Waals surface area contributed by atoms with Crippen molar-refractivity contribution in [1.82, 2.24) is 15.0 Å². The Morgan fingerprint density at radius 3 is 2.81 bits per heavy atom. The van der Waals surface area contributed by atoms with Gasteiger partial charge in [-0.2, -0.15) is 4.98 Å². The summed E-state index contributed by atoms with van der Waals surface area (Å²) in [5, 5.41) is 10.6. The molecule has 0 amide bonds. The van der Waals surface area contributed by atoms with Crippen LogP contribution in [0.3, 0.4) is 0 Å². The lowest BCUT2D eigenvalue weighted by Gasteiger charge is -2.17. The van der Waals surface area contributed by atoms with E-state index in [1.807, 2.05) is 42.9 Å². The fraction of sp³-hybridized carbons (Fsp3) is 0.267. The van der Waals surface area contributed by atoms with Crippen molar-refractivity contribution in [3.05, 3.63) is 40.8 Å². The SMILES string of the molecule is CCC(Nc1nc(NC)nc2ccccc12)c1nccs1. The van der Waals surface area contributed by atoms with E-state index in [0.29, 0.717) is 5.95 Å². The van der Waals surface area contributed by atoms with Crippen molar-refractivity contribution in [2.24, 2.45) is 0 Å². The molecule has 0 saturated heterocycles. The fourth-order valence-electron chi connectivity index (χ4n) is 2.21. The fourth-order valence-corrected chi connectivity index (χ4v) is 2.98. The molecule has 3 aromatic rings. The lowest BCUT2D eigenvalue weighted by molar-refractivity contribution is 0.738. The molecule has 0 aliphatic carbocycles. The molecule has 1 unspecified atom stereocenters. The van der Waals surface area contributed by atoms with E-state index in [2.05, 4.69) is 32.5 Å². The number of para-hydroxylation sites is 1. The monoisotopic (exact) mass is 299 g/mol. The second kappa shape index (κ2) is 6.05. The number of nitrogens with one attached hydrogen (secondary N) is 2. The molecule has 0 bridgehead atoms. The summed E-state index contributed by atoms with van der Waals surface area (Å²) >= 11 is 1.66. The third-order valence-electron chi connectivity index (χ3n) is 3.30. The molecule has 2 heterocycles. The van der Waals surface area contributed by atoms with E-state index in [4.69, 9.17) is 0 Å². The Bertz CT molecular complexity index is 726. The molecular formula is C15H17N5S. The van der Waals surface area contributed by atoms with Crippen LogP contribution in [-0.4, -0.2) is 22.0 Å². The third kappa shape index (κ3) is 2.80. The summed E-state index contributed by atoms with van der Waals surface area (Å²) in [5.74, 6) is 1.46. The highest BCUT2D eigenvalue weighted by molar-refractivity contribution is 7.09. The molecule has 2 N–H and O–H groups in total. The van der Waals surface area contributed by atoms with E-state index in [0.717, 1.165) is 28.1 Å². The minimum Gasteiger partial charge on any atom is -0.360 e. The number of fused-ring (bicyclic) bond motifs is 1. The molecule has 0 saturated carbocycles. The van der Waals surface area contributed by atoms with Crippen LogP contribution >= 0.6 is 11.3 Å². The topological polar surface area (TPSA) is 62.7 Å². The molecule has 108 valence electrons. The van der Waals surface area contributed by atoms with Crippen LogP contribution in [0.5, 0.6) is 0 Å². The van der Waals surface area contributed by atoms with Crippen LogP contribution in [0.25, 0.3) is 10.9 Å². The van der Waals surface area contributed by atoms with Crippen molar-refractivity contribution in [3.63, 3.8) is 0 Å². The lowest BCUT2D eigenvalue weighted by atomic mass is 10.2. The summed E-state index contributed by atoms with van der Waals surface area (Å²) < 4.78 is 0. The summed E-state index contributed by atoms with van der Waals surface area (Å²) in [6, 6.07) is 8.17. The van der Waals surface area contributed by atoms with Crippen molar-refractivity contribution >= 4 is 34.0 Å². The van der Waals surface area contributed by atoms with E-state index < -0.39 is 0 Å². The first-order chi connectivity index (χ1) is 10.3. The quantitative estimate of drug-likeness (QED) is 0.752. The average molecular weight is 299 g/mol. The summed E-state index contributed by atoms with van der Waals surface area (Å²) in [7, 11) is 1.83. The number of benzene rings is 1. The molecule has 1 atom stereocenters. The molecule has 1 aromatic carbocycles. The molecule has 6 heteroatoms. The van der Waals surface area contributed by atoms with E-state index in [1.54, 1.807) is 11.3 Å². The smallest absolute Gasteiger partial charge is 0.224 e. The Morgan fingerprint density at radius 2 is 2.10 bits per heavy atom. The number of nitrogens with zero attached hydrogens (tertiary/aromatic N) is 3. The van der Waals surface area contributed by atoms with Crippen molar-refractivity contribution < 1.29 is 0 Å². The largest absolute Gasteiger partial charge is 0.360 e. The van der Waals surface area contributed by atoms with E-state index >= 15 is 0 Å². The highest BCUT2D eigenvalue weighted by Crippen LogP contribution is 2.28. The van der Waals surface area contributed by atoms with Crippen LogP contribution in [-0.2, 0) is 0 Å². The summed E-state index contributed by atoms with van der Waals surface area (Å²) in [5.41, 5.74) is 0.924. The van der Waals surface area contributed by atoms with Gasteiger partial charge in [-0.1, -0.05) is 19.1 Å². The summed E-state index contributed by atoms with van der Waals surface area (Å²) in [4.78, 5) is 13.4. The van der Waals surface area contributed by atoms with Crippen molar-refractivity contribution in [3.8, 4) is 0 Å². The van der Waals surface area contributed by atoms with Crippen molar-refractivity contribution in [2.75, 3.05) is 17.7 Å². The normalized spacial score (nSPS) is 12.3. The van der Waals surface area contributed by atoms with Crippen molar-refractivity contribution in [2.45, 2.75) is 19.4 Å².